The minimum atomic E-state index is -0.720. The standard InChI is InChI=1S/C44H31ClN4/c45-34-19-11-10-18-33(34)44-27-26-40(49-44)43(31-16-8-3-9-17-31)39-25-24-38(48-39)42(30-14-6-2-7-15-30)37-23-22-36(47-37)41(29-12-4-1-5-13-29)35-21-20-32(28-44)46-35/h1-28,46,48-49H/b32-28?,41-35-,42-37-,43-40-. The Bertz CT molecular complexity index is 2510. The van der Waals surface area contributed by atoms with E-state index in [0.717, 1.165) is 78.2 Å². The fraction of sp³-hybridized carbons (Fsp3) is 0.0227. The Labute approximate surface area is 289 Å². The quantitative estimate of drug-likeness (QED) is 0.177. The monoisotopic (exact) mass is 650 g/mol. The lowest BCUT2D eigenvalue weighted by molar-refractivity contribution is 0.640. The van der Waals surface area contributed by atoms with E-state index in [9.17, 15) is 0 Å². The molecule has 5 heterocycles. The van der Waals surface area contributed by atoms with Crippen LogP contribution in [0.4, 0.5) is 0 Å². The number of benzene rings is 4. The first-order valence-electron chi connectivity index (χ1n) is 16.4. The van der Waals surface area contributed by atoms with Gasteiger partial charge in [-0.05, 0) is 77.4 Å². The summed E-state index contributed by atoms with van der Waals surface area (Å²) < 4.78 is 0. The number of hydrogen-bond donors (Lipinski definition) is 3. The molecule has 0 spiro atoms. The van der Waals surface area contributed by atoms with Gasteiger partial charge in [-0.15, -0.1) is 0 Å². The Morgan fingerprint density at radius 3 is 1.84 bits per heavy atom. The number of H-pyrrole nitrogens is 2. The van der Waals surface area contributed by atoms with Crippen LogP contribution in [0.3, 0.4) is 0 Å². The number of nitrogens with zero attached hydrogens (tertiary/aromatic N) is 1. The van der Waals surface area contributed by atoms with Gasteiger partial charge in [-0.2, -0.15) is 0 Å². The van der Waals surface area contributed by atoms with Crippen molar-refractivity contribution in [3.63, 3.8) is 0 Å². The largest absolute Gasteiger partial charge is 0.368 e. The zero-order chi connectivity index (χ0) is 32.8. The van der Waals surface area contributed by atoms with Crippen LogP contribution in [0, 0.1) is 0 Å². The number of rotatable bonds is 4. The highest BCUT2D eigenvalue weighted by atomic mass is 35.5. The van der Waals surface area contributed by atoms with Crippen molar-refractivity contribution >= 4 is 40.1 Å². The van der Waals surface area contributed by atoms with Gasteiger partial charge in [0.1, 0.15) is 5.54 Å². The number of hydrogen-bond acceptors (Lipinski definition) is 2. The summed E-state index contributed by atoms with van der Waals surface area (Å²) in [4.78, 5) is 12.9. The number of aliphatic imine (C=N–C) groups is 1. The molecule has 234 valence electrons. The first-order chi connectivity index (χ1) is 24.1. The normalized spacial score (nSPS) is 22.1. The van der Waals surface area contributed by atoms with Crippen LogP contribution in [0.2, 0.25) is 5.02 Å². The molecule has 3 aliphatic heterocycles. The lowest BCUT2D eigenvalue weighted by Gasteiger charge is -2.28. The first-order valence-corrected chi connectivity index (χ1v) is 16.8. The van der Waals surface area contributed by atoms with Crippen LogP contribution in [-0.4, -0.2) is 15.7 Å². The van der Waals surface area contributed by atoms with Crippen molar-refractivity contribution in [2.75, 3.05) is 0 Å². The second-order valence-corrected chi connectivity index (χ2v) is 12.8. The molecule has 0 radical (unpaired) electrons. The van der Waals surface area contributed by atoms with Gasteiger partial charge in [-0.25, -0.2) is 4.99 Å². The highest BCUT2D eigenvalue weighted by molar-refractivity contribution is 6.31. The van der Waals surface area contributed by atoms with Gasteiger partial charge >= 0.3 is 0 Å². The van der Waals surface area contributed by atoms with E-state index in [-0.39, 0.29) is 0 Å². The van der Waals surface area contributed by atoms with Crippen molar-refractivity contribution in [2.45, 2.75) is 5.54 Å². The predicted octanol–water partition coefficient (Wildman–Crippen LogP) is 8.27. The molecule has 0 fully saturated rings. The van der Waals surface area contributed by atoms with Gasteiger partial charge < -0.3 is 15.3 Å². The van der Waals surface area contributed by atoms with E-state index < -0.39 is 5.54 Å². The lowest BCUT2D eigenvalue weighted by Crippen LogP contribution is -2.36. The lowest BCUT2D eigenvalue weighted by atomic mass is 9.90. The maximum Gasteiger partial charge on any atom is 0.104 e. The summed E-state index contributed by atoms with van der Waals surface area (Å²) in [5, 5.41) is 6.57. The molecule has 2 aromatic heterocycles. The molecule has 0 amide bonds. The van der Waals surface area contributed by atoms with Gasteiger partial charge in [0.15, 0.2) is 0 Å². The van der Waals surface area contributed by atoms with Gasteiger partial charge in [0.25, 0.3) is 0 Å². The Balaban J connectivity index is 1.39. The minimum absolute atomic E-state index is 0.689. The number of halogens is 1. The van der Waals surface area contributed by atoms with E-state index in [4.69, 9.17) is 16.6 Å². The van der Waals surface area contributed by atoms with Crippen LogP contribution < -0.4 is 16.0 Å². The molecule has 0 saturated heterocycles. The molecular formula is C44H31ClN4. The number of allylic oxidation sites excluding steroid dienone is 3. The van der Waals surface area contributed by atoms with Crippen LogP contribution in [0.25, 0.3) is 22.8 Å². The van der Waals surface area contributed by atoms with E-state index in [1.807, 2.05) is 36.4 Å². The number of aromatic amines is 2. The van der Waals surface area contributed by atoms with E-state index in [2.05, 4.69) is 149 Å². The third kappa shape index (κ3) is 5.14. The van der Waals surface area contributed by atoms with Crippen molar-refractivity contribution in [1.82, 2.24) is 15.3 Å². The van der Waals surface area contributed by atoms with Crippen molar-refractivity contribution < 1.29 is 0 Å². The van der Waals surface area contributed by atoms with Crippen LogP contribution >= 0.6 is 11.6 Å². The van der Waals surface area contributed by atoms with Gasteiger partial charge in [-0.3, -0.25) is 0 Å². The average molecular weight is 651 g/mol. The third-order valence-corrected chi connectivity index (χ3v) is 9.70. The van der Waals surface area contributed by atoms with Crippen molar-refractivity contribution in [1.29, 1.82) is 0 Å². The Morgan fingerprint density at radius 1 is 0.531 bits per heavy atom. The maximum atomic E-state index is 6.97. The number of fused-ring (bicyclic) bond motifs is 7. The van der Waals surface area contributed by atoms with Crippen molar-refractivity contribution in [3.8, 4) is 0 Å². The van der Waals surface area contributed by atoms with E-state index in [0.29, 0.717) is 5.02 Å². The second-order valence-electron chi connectivity index (χ2n) is 12.4. The van der Waals surface area contributed by atoms with E-state index >= 15 is 0 Å². The van der Waals surface area contributed by atoms with Gasteiger partial charge in [0, 0.05) is 55.1 Å². The molecule has 4 nitrogen and oxygen atoms in total. The molecule has 8 bridgehead atoms. The van der Waals surface area contributed by atoms with Gasteiger partial charge in [0.05, 0.1) is 11.4 Å². The smallest absolute Gasteiger partial charge is 0.104 e. The Hall–Kier alpha value is -6.10. The zero-order valence-electron chi connectivity index (χ0n) is 26.5. The number of aromatic nitrogens is 2. The summed E-state index contributed by atoms with van der Waals surface area (Å²) in [6.45, 7) is 0. The highest BCUT2D eigenvalue weighted by Gasteiger charge is 2.35. The van der Waals surface area contributed by atoms with Gasteiger partial charge in [-0.1, -0.05) is 121 Å². The van der Waals surface area contributed by atoms with Crippen LogP contribution in [0.5, 0.6) is 0 Å². The molecule has 1 unspecified atom stereocenters. The summed E-state index contributed by atoms with van der Waals surface area (Å²) >= 11 is 6.97. The molecule has 6 aromatic rings. The molecule has 3 N–H and O–H groups in total. The first kappa shape index (κ1) is 29.1. The summed E-state index contributed by atoms with van der Waals surface area (Å²) in [6.07, 6.45) is 10.9. The maximum absolute atomic E-state index is 6.97. The minimum Gasteiger partial charge on any atom is -0.368 e. The van der Waals surface area contributed by atoms with Crippen LogP contribution in [0.1, 0.15) is 33.6 Å². The molecule has 3 aliphatic rings. The SMILES string of the molecule is Clc1ccccc1C12C=C/C(=C(\c3ccccc3)c3ccc([nH]3)/C(c3ccccc3)=C3/C=CC(=N3)/C(c3ccccc3)=c3/ccc([nH]3)=C1)N2. The Kier molecular flexibility index (Phi) is 7.03. The molecule has 1 atom stereocenters. The predicted molar refractivity (Wildman–Crippen MR) is 201 cm³/mol. The summed E-state index contributed by atoms with van der Waals surface area (Å²) in [6, 6.07) is 48.1. The Morgan fingerprint density at radius 2 is 1.14 bits per heavy atom. The van der Waals surface area contributed by atoms with E-state index in [1.54, 1.807) is 0 Å². The summed E-state index contributed by atoms with van der Waals surface area (Å²) in [5.41, 5.74) is 11.4. The third-order valence-electron chi connectivity index (χ3n) is 9.37. The van der Waals surface area contributed by atoms with Gasteiger partial charge in [0.2, 0.25) is 0 Å². The zero-order valence-corrected chi connectivity index (χ0v) is 27.2. The summed E-state index contributed by atoms with van der Waals surface area (Å²) in [5.74, 6) is 0. The molecule has 4 aromatic carbocycles. The second kappa shape index (κ2) is 11.9. The summed E-state index contributed by atoms with van der Waals surface area (Å²) in [7, 11) is 0. The molecule has 49 heavy (non-hydrogen) atoms. The van der Waals surface area contributed by atoms with E-state index in [1.165, 1.54) is 0 Å². The van der Waals surface area contributed by atoms with Crippen LogP contribution in [0.15, 0.2) is 180 Å². The van der Waals surface area contributed by atoms with Crippen LogP contribution in [-0.2, 0) is 5.54 Å². The van der Waals surface area contributed by atoms with Crippen molar-refractivity contribution in [2.24, 2.45) is 4.99 Å². The van der Waals surface area contributed by atoms with Crippen molar-refractivity contribution in [3.05, 3.63) is 225 Å². The molecule has 9 rings (SSSR count). The fourth-order valence-electron chi connectivity index (χ4n) is 7.15. The molecular weight excluding hydrogens is 620 g/mol. The fourth-order valence-corrected chi connectivity index (χ4v) is 7.44. The molecule has 0 aliphatic carbocycles. The topological polar surface area (TPSA) is 56.0 Å². The number of nitrogens with one attached hydrogen (secondary N) is 3. The highest BCUT2D eigenvalue weighted by Crippen LogP contribution is 2.40. The average Bonchev–Trinajstić information content (AvgIpc) is 3.97. The molecule has 0 saturated carbocycles. The molecule has 5 heteroatoms.